The average Bonchev–Trinajstić information content (AvgIpc) is 2.45. The van der Waals surface area contributed by atoms with Crippen molar-refractivity contribution in [3.8, 4) is 11.8 Å². The number of nitrogens with zero attached hydrogens (tertiary/aromatic N) is 1. The second-order valence-corrected chi connectivity index (χ2v) is 4.66. The average molecular weight is 274 g/mol. The SMILES string of the molecule is CCN(C)CCNC(=O)c1cc(C)ccc1C#CCO. The predicted octanol–water partition coefficient (Wildman–Crippen LogP) is 1.02. The number of aliphatic hydroxyl groups excluding tert-OH is 1. The van der Waals surface area contributed by atoms with E-state index < -0.39 is 0 Å². The molecule has 0 spiro atoms. The first-order valence-electron chi connectivity index (χ1n) is 6.75. The van der Waals surface area contributed by atoms with Crippen LogP contribution in [0.2, 0.25) is 0 Å². The number of rotatable bonds is 5. The van der Waals surface area contributed by atoms with E-state index in [0.717, 1.165) is 18.7 Å². The van der Waals surface area contributed by atoms with Crippen LogP contribution in [0.25, 0.3) is 0 Å². The highest BCUT2D eigenvalue weighted by atomic mass is 16.2. The summed E-state index contributed by atoms with van der Waals surface area (Å²) in [7, 11) is 2.01. The van der Waals surface area contributed by atoms with Crippen molar-refractivity contribution in [3.63, 3.8) is 0 Å². The minimum Gasteiger partial charge on any atom is -0.384 e. The van der Waals surface area contributed by atoms with Gasteiger partial charge in [0, 0.05) is 18.7 Å². The summed E-state index contributed by atoms with van der Waals surface area (Å²) in [5.74, 6) is 5.27. The molecule has 0 heterocycles. The molecule has 0 aliphatic rings. The van der Waals surface area contributed by atoms with Crippen molar-refractivity contribution < 1.29 is 9.90 Å². The standard InChI is InChI=1S/C16H22N2O2/c1-4-18(3)10-9-17-16(20)15-12-13(2)7-8-14(15)6-5-11-19/h7-8,12,19H,4,9-11H2,1-3H3,(H,17,20). The van der Waals surface area contributed by atoms with Crippen LogP contribution in [0.4, 0.5) is 0 Å². The summed E-state index contributed by atoms with van der Waals surface area (Å²) in [6.07, 6.45) is 0. The lowest BCUT2D eigenvalue weighted by Gasteiger charge is -2.14. The lowest BCUT2D eigenvalue weighted by molar-refractivity contribution is 0.0950. The number of hydrogen-bond acceptors (Lipinski definition) is 3. The van der Waals surface area contributed by atoms with Crippen molar-refractivity contribution in [2.24, 2.45) is 0 Å². The highest BCUT2D eigenvalue weighted by Gasteiger charge is 2.10. The Hall–Kier alpha value is -1.83. The van der Waals surface area contributed by atoms with Crippen LogP contribution in [0, 0.1) is 18.8 Å². The fourth-order valence-corrected chi connectivity index (χ4v) is 1.70. The Bertz CT molecular complexity index is 515. The molecule has 0 aliphatic carbocycles. The summed E-state index contributed by atoms with van der Waals surface area (Å²) in [5, 5.41) is 11.7. The maximum absolute atomic E-state index is 12.2. The van der Waals surface area contributed by atoms with Gasteiger partial charge < -0.3 is 15.3 Å². The summed E-state index contributed by atoms with van der Waals surface area (Å²) in [4.78, 5) is 14.3. The largest absolute Gasteiger partial charge is 0.384 e. The van der Waals surface area contributed by atoms with Gasteiger partial charge in [-0.05, 0) is 32.6 Å². The van der Waals surface area contributed by atoms with Gasteiger partial charge in [-0.15, -0.1) is 0 Å². The molecular weight excluding hydrogens is 252 g/mol. The van der Waals surface area contributed by atoms with Crippen LogP contribution in [-0.2, 0) is 0 Å². The van der Waals surface area contributed by atoms with Gasteiger partial charge in [-0.1, -0.05) is 30.4 Å². The highest BCUT2D eigenvalue weighted by molar-refractivity contribution is 5.96. The first-order valence-corrected chi connectivity index (χ1v) is 6.75. The third-order valence-corrected chi connectivity index (χ3v) is 3.04. The molecule has 1 aromatic carbocycles. The van der Waals surface area contributed by atoms with Gasteiger partial charge in [-0.25, -0.2) is 0 Å². The molecule has 0 saturated heterocycles. The van der Waals surface area contributed by atoms with Crippen LogP contribution in [0.3, 0.4) is 0 Å². The molecule has 0 atom stereocenters. The molecule has 4 nitrogen and oxygen atoms in total. The summed E-state index contributed by atoms with van der Waals surface area (Å²) in [5.41, 5.74) is 2.21. The van der Waals surface area contributed by atoms with Crippen molar-refractivity contribution in [2.75, 3.05) is 33.3 Å². The minimum absolute atomic E-state index is 0.125. The summed E-state index contributed by atoms with van der Waals surface area (Å²) in [6, 6.07) is 5.54. The minimum atomic E-state index is -0.212. The number of aryl methyl sites for hydroxylation is 1. The predicted molar refractivity (Wildman–Crippen MR) is 80.6 cm³/mol. The first kappa shape index (κ1) is 16.2. The van der Waals surface area contributed by atoms with E-state index in [4.69, 9.17) is 5.11 Å². The van der Waals surface area contributed by atoms with E-state index in [9.17, 15) is 4.79 Å². The third kappa shape index (κ3) is 5.04. The Labute approximate surface area is 120 Å². The lowest BCUT2D eigenvalue weighted by atomic mass is 10.0. The van der Waals surface area contributed by atoms with Crippen LogP contribution >= 0.6 is 0 Å². The Balaban J connectivity index is 2.78. The van der Waals surface area contributed by atoms with Crippen LogP contribution in [0.5, 0.6) is 0 Å². The number of amides is 1. The normalized spacial score (nSPS) is 10.1. The van der Waals surface area contributed by atoms with E-state index in [1.165, 1.54) is 0 Å². The van der Waals surface area contributed by atoms with Crippen molar-refractivity contribution in [1.29, 1.82) is 0 Å². The van der Waals surface area contributed by atoms with Gasteiger partial charge in [0.15, 0.2) is 0 Å². The second-order valence-electron chi connectivity index (χ2n) is 4.66. The van der Waals surface area contributed by atoms with Gasteiger partial charge >= 0.3 is 0 Å². The molecule has 4 heteroatoms. The number of aliphatic hydroxyl groups is 1. The van der Waals surface area contributed by atoms with Crippen LogP contribution in [-0.4, -0.2) is 49.2 Å². The molecule has 2 N–H and O–H groups in total. The van der Waals surface area contributed by atoms with Gasteiger partial charge in [0.1, 0.15) is 6.61 Å². The number of benzene rings is 1. The molecule has 20 heavy (non-hydrogen) atoms. The lowest BCUT2D eigenvalue weighted by Crippen LogP contribution is -2.33. The molecular formula is C16H22N2O2. The molecule has 0 bridgehead atoms. The van der Waals surface area contributed by atoms with Gasteiger partial charge in [0.2, 0.25) is 0 Å². The molecule has 0 unspecified atom stereocenters. The maximum atomic E-state index is 12.2. The molecule has 0 aromatic heterocycles. The van der Waals surface area contributed by atoms with E-state index in [-0.39, 0.29) is 12.5 Å². The molecule has 1 rings (SSSR count). The maximum Gasteiger partial charge on any atom is 0.252 e. The van der Waals surface area contributed by atoms with Crippen LogP contribution in [0.1, 0.15) is 28.4 Å². The van der Waals surface area contributed by atoms with Crippen molar-refractivity contribution >= 4 is 5.91 Å². The Kier molecular flexibility index (Phi) is 6.78. The number of nitrogens with one attached hydrogen (secondary N) is 1. The summed E-state index contributed by atoms with van der Waals surface area (Å²) in [6.45, 7) is 6.16. The van der Waals surface area contributed by atoms with Crippen molar-refractivity contribution in [1.82, 2.24) is 10.2 Å². The van der Waals surface area contributed by atoms with Gasteiger partial charge in [0.25, 0.3) is 5.91 Å². The van der Waals surface area contributed by atoms with E-state index in [1.807, 2.05) is 32.2 Å². The van der Waals surface area contributed by atoms with Crippen LogP contribution < -0.4 is 5.32 Å². The fraction of sp³-hybridized carbons (Fsp3) is 0.438. The summed E-state index contributed by atoms with van der Waals surface area (Å²) >= 11 is 0. The van der Waals surface area contributed by atoms with E-state index in [1.54, 1.807) is 0 Å². The number of likely N-dealkylation sites (N-methyl/N-ethyl adjacent to an activating group) is 1. The van der Waals surface area contributed by atoms with Gasteiger partial charge in [0.05, 0.1) is 5.56 Å². The number of hydrogen-bond donors (Lipinski definition) is 2. The molecule has 0 saturated carbocycles. The Morgan fingerprint density at radius 2 is 2.20 bits per heavy atom. The van der Waals surface area contributed by atoms with E-state index in [0.29, 0.717) is 17.7 Å². The van der Waals surface area contributed by atoms with Gasteiger partial charge in [-0.3, -0.25) is 4.79 Å². The Morgan fingerprint density at radius 1 is 1.45 bits per heavy atom. The van der Waals surface area contributed by atoms with E-state index >= 15 is 0 Å². The molecule has 0 fully saturated rings. The number of carbonyl (C=O) groups is 1. The smallest absolute Gasteiger partial charge is 0.252 e. The Morgan fingerprint density at radius 3 is 2.85 bits per heavy atom. The quantitative estimate of drug-likeness (QED) is 0.788. The fourth-order valence-electron chi connectivity index (χ4n) is 1.70. The molecule has 108 valence electrons. The second kappa shape index (κ2) is 8.36. The highest BCUT2D eigenvalue weighted by Crippen LogP contribution is 2.10. The van der Waals surface area contributed by atoms with Crippen molar-refractivity contribution in [2.45, 2.75) is 13.8 Å². The first-order chi connectivity index (χ1) is 9.58. The third-order valence-electron chi connectivity index (χ3n) is 3.04. The van der Waals surface area contributed by atoms with Gasteiger partial charge in [-0.2, -0.15) is 0 Å². The summed E-state index contributed by atoms with van der Waals surface area (Å²) < 4.78 is 0. The zero-order chi connectivity index (χ0) is 15.0. The topological polar surface area (TPSA) is 52.6 Å². The van der Waals surface area contributed by atoms with E-state index in [2.05, 4.69) is 29.0 Å². The van der Waals surface area contributed by atoms with Crippen molar-refractivity contribution in [3.05, 3.63) is 34.9 Å². The van der Waals surface area contributed by atoms with Crippen LogP contribution in [0.15, 0.2) is 18.2 Å². The zero-order valence-corrected chi connectivity index (χ0v) is 12.4. The number of carbonyl (C=O) groups excluding carboxylic acids is 1. The molecule has 0 radical (unpaired) electrons. The molecule has 1 amide bonds. The molecule has 1 aromatic rings. The monoisotopic (exact) mass is 274 g/mol. The molecule has 0 aliphatic heterocycles. The zero-order valence-electron chi connectivity index (χ0n) is 12.4.